The summed E-state index contributed by atoms with van der Waals surface area (Å²) in [6, 6.07) is 5.25. The standard InChI is InChI=1S/C13H16N4O/c1-9-6-10(8-14)7-12(16-9)17-5-3-2-4-11(17)13(15)18/h6-7,11H,2-5H2,1H3,(H2,15,18). The van der Waals surface area contributed by atoms with Gasteiger partial charge in [-0.2, -0.15) is 5.26 Å². The first-order chi connectivity index (χ1) is 8.61. The molecule has 1 aromatic rings. The van der Waals surface area contributed by atoms with Gasteiger partial charge in [0.2, 0.25) is 5.91 Å². The highest BCUT2D eigenvalue weighted by molar-refractivity contribution is 5.83. The van der Waals surface area contributed by atoms with Crippen LogP contribution >= 0.6 is 0 Å². The Bertz CT molecular complexity index is 506. The van der Waals surface area contributed by atoms with Gasteiger partial charge in [0.15, 0.2) is 0 Å². The summed E-state index contributed by atoms with van der Waals surface area (Å²) in [5, 5.41) is 8.97. The van der Waals surface area contributed by atoms with Gasteiger partial charge in [-0.05, 0) is 38.3 Å². The Labute approximate surface area is 106 Å². The van der Waals surface area contributed by atoms with Crippen molar-refractivity contribution in [3.8, 4) is 6.07 Å². The van der Waals surface area contributed by atoms with Crippen molar-refractivity contribution in [1.82, 2.24) is 4.98 Å². The molecule has 2 heterocycles. The molecular formula is C13H16N4O. The zero-order valence-electron chi connectivity index (χ0n) is 10.4. The van der Waals surface area contributed by atoms with Crippen molar-refractivity contribution in [3.05, 3.63) is 23.4 Å². The molecule has 0 aromatic carbocycles. The third-order valence-electron chi connectivity index (χ3n) is 3.19. The molecule has 0 aliphatic carbocycles. The number of amides is 1. The minimum Gasteiger partial charge on any atom is -0.368 e. The SMILES string of the molecule is Cc1cc(C#N)cc(N2CCCCC2C(N)=O)n1. The topological polar surface area (TPSA) is 83.0 Å². The number of aryl methyl sites for hydroxylation is 1. The molecule has 94 valence electrons. The van der Waals surface area contributed by atoms with E-state index in [0.717, 1.165) is 31.5 Å². The minimum absolute atomic E-state index is 0.306. The number of carbonyl (C=O) groups excluding carboxylic acids is 1. The molecule has 2 N–H and O–H groups in total. The Balaban J connectivity index is 2.36. The van der Waals surface area contributed by atoms with Gasteiger partial charge in [-0.1, -0.05) is 0 Å². The van der Waals surface area contributed by atoms with Gasteiger partial charge in [-0.3, -0.25) is 4.79 Å². The summed E-state index contributed by atoms with van der Waals surface area (Å²) in [5.74, 6) is 0.353. The maximum absolute atomic E-state index is 11.5. The number of piperidine rings is 1. The summed E-state index contributed by atoms with van der Waals surface area (Å²) >= 11 is 0. The Morgan fingerprint density at radius 3 is 3.00 bits per heavy atom. The number of hydrogen-bond acceptors (Lipinski definition) is 4. The van der Waals surface area contributed by atoms with Gasteiger partial charge in [0.05, 0.1) is 11.6 Å². The molecule has 1 amide bonds. The van der Waals surface area contributed by atoms with E-state index in [9.17, 15) is 4.79 Å². The number of hydrogen-bond donors (Lipinski definition) is 1. The van der Waals surface area contributed by atoms with Gasteiger partial charge in [-0.15, -0.1) is 0 Å². The number of nitrogens with two attached hydrogens (primary N) is 1. The number of aromatic nitrogens is 1. The van der Waals surface area contributed by atoms with E-state index < -0.39 is 0 Å². The summed E-state index contributed by atoms with van der Waals surface area (Å²) in [6.45, 7) is 2.60. The number of primary amides is 1. The van der Waals surface area contributed by atoms with Crippen LogP contribution in [0.2, 0.25) is 0 Å². The highest BCUT2D eigenvalue weighted by atomic mass is 16.1. The molecule has 0 radical (unpaired) electrons. The number of carbonyl (C=O) groups is 1. The molecule has 1 atom stereocenters. The molecule has 18 heavy (non-hydrogen) atoms. The second kappa shape index (κ2) is 5.05. The highest BCUT2D eigenvalue weighted by Gasteiger charge is 2.28. The zero-order chi connectivity index (χ0) is 13.1. The first-order valence-electron chi connectivity index (χ1n) is 6.06. The van der Waals surface area contributed by atoms with Gasteiger partial charge in [-0.25, -0.2) is 4.98 Å². The van der Waals surface area contributed by atoms with E-state index in [2.05, 4.69) is 11.1 Å². The molecule has 0 bridgehead atoms. The van der Waals surface area contributed by atoms with E-state index in [1.807, 2.05) is 11.8 Å². The molecule has 0 spiro atoms. The fraction of sp³-hybridized carbons (Fsp3) is 0.462. The highest BCUT2D eigenvalue weighted by Crippen LogP contribution is 2.24. The number of pyridine rings is 1. The van der Waals surface area contributed by atoms with Crippen LogP contribution in [0.5, 0.6) is 0 Å². The zero-order valence-corrected chi connectivity index (χ0v) is 10.4. The summed E-state index contributed by atoms with van der Waals surface area (Å²) in [6.07, 6.45) is 2.77. The van der Waals surface area contributed by atoms with Crippen molar-refractivity contribution in [3.63, 3.8) is 0 Å². The van der Waals surface area contributed by atoms with Crippen LogP contribution in [0.15, 0.2) is 12.1 Å². The molecule has 5 nitrogen and oxygen atoms in total. The Kier molecular flexibility index (Phi) is 3.47. The lowest BCUT2D eigenvalue weighted by Gasteiger charge is -2.34. The predicted molar refractivity (Wildman–Crippen MR) is 67.9 cm³/mol. The van der Waals surface area contributed by atoms with Crippen LogP contribution in [0.25, 0.3) is 0 Å². The fourth-order valence-electron chi connectivity index (χ4n) is 2.36. The molecule has 1 aromatic heterocycles. The Morgan fingerprint density at radius 1 is 1.56 bits per heavy atom. The average molecular weight is 244 g/mol. The van der Waals surface area contributed by atoms with Crippen LogP contribution in [0.1, 0.15) is 30.5 Å². The van der Waals surface area contributed by atoms with Crippen molar-refractivity contribution < 1.29 is 4.79 Å². The lowest BCUT2D eigenvalue weighted by molar-refractivity contribution is -0.119. The van der Waals surface area contributed by atoms with Gasteiger partial charge in [0.1, 0.15) is 11.9 Å². The van der Waals surface area contributed by atoms with Crippen molar-refractivity contribution in [2.75, 3.05) is 11.4 Å². The van der Waals surface area contributed by atoms with Crippen molar-refractivity contribution >= 4 is 11.7 Å². The summed E-state index contributed by atoms with van der Waals surface area (Å²) in [7, 11) is 0. The van der Waals surface area contributed by atoms with E-state index >= 15 is 0 Å². The van der Waals surface area contributed by atoms with E-state index in [1.165, 1.54) is 0 Å². The van der Waals surface area contributed by atoms with Crippen LogP contribution in [-0.2, 0) is 4.79 Å². The third-order valence-corrected chi connectivity index (χ3v) is 3.19. The van der Waals surface area contributed by atoms with Gasteiger partial charge in [0.25, 0.3) is 0 Å². The average Bonchev–Trinajstić information content (AvgIpc) is 2.38. The van der Waals surface area contributed by atoms with Crippen LogP contribution in [0, 0.1) is 18.3 Å². The second-order valence-corrected chi connectivity index (χ2v) is 4.57. The molecule has 1 aliphatic heterocycles. The number of anilines is 1. The largest absolute Gasteiger partial charge is 0.368 e. The first-order valence-corrected chi connectivity index (χ1v) is 6.06. The smallest absolute Gasteiger partial charge is 0.240 e. The van der Waals surface area contributed by atoms with Crippen LogP contribution in [-0.4, -0.2) is 23.5 Å². The molecule has 1 aliphatic rings. The van der Waals surface area contributed by atoms with Gasteiger partial charge in [0, 0.05) is 12.2 Å². The minimum atomic E-state index is -0.323. The number of nitrogens with zero attached hydrogens (tertiary/aromatic N) is 3. The van der Waals surface area contributed by atoms with Crippen LogP contribution in [0.3, 0.4) is 0 Å². The summed E-state index contributed by atoms with van der Waals surface area (Å²) < 4.78 is 0. The molecule has 1 fully saturated rings. The molecule has 5 heteroatoms. The van der Waals surface area contributed by atoms with Crippen LogP contribution in [0.4, 0.5) is 5.82 Å². The monoisotopic (exact) mass is 244 g/mol. The quantitative estimate of drug-likeness (QED) is 0.844. The van der Waals surface area contributed by atoms with Gasteiger partial charge < -0.3 is 10.6 Å². The summed E-state index contributed by atoms with van der Waals surface area (Å²) in [5.41, 5.74) is 6.77. The van der Waals surface area contributed by atoms with E-state index in [4.69, 9.17) is 11.0 Å². The van der Waals surface area contributed by atoms with Crippen LogP contribution < -0.4 is 10.6 Å². The molecule has 2 rings (SSSR count). The first kappa shape index (κ1) is 12.4. The van der Waals surface area contributed by atoms with E-state index in [0.29, 0.717) is 11.4 Å². The van der Waals surface area contributed by atoms with Crippen molar-refractivity contribution in [2.24, 2.45) is 5.73 Å². The fourth-order valence-corrected chi connectivity index (χ4v) is 2.36. The summed E-state index contributed by atoms with van der Waals surface area (Å²) in [4.78, 5) is 17.8. The maximum Gasteiger partial charge on any atom is 0.240 e. The predicted octanol–water partition coefficient (Wildman–Crippen LogP) is 1.11. The molecular weight excluding hydrogens is 228 g/mol. The van der Waals surface area contributed by atoms with Gasteiger partial charge >= 0.3 is 0 Å². The molecule has 0 saturated carbocycles. The third kappa shape index (κ3) is 2.43. The number of nitriles is 1. The second-order valence-electron chi connectivity index (χ2n) is 4.57. The van der Waals surface area contributed by atoms with Crippen molar-refractivity contribution in [1.29, 1.82) is 5.26 Å². The Hall–Kier alpha value is -2.09. The van der Waals surface area contributed by atoms with Crippen molar-refractivity contribution in [2.45, 2.75) is 32.2 Å². The molecule has 1 unspecified atom stereocenters. The van der Waals surface area contributed by atoms with E-state index in [-0.39, 0.29) is 11.9 Å². The lowest BCUT2D eigenvalue weighted by atomic mass is 10.0. The van der Waals surface area contributed by atoms with E-state index in [1.54, 1.807) is 12.1 Å². The lowest BCUT2D eigenvalue weighted by Crippen LogP contribution is -2.48. The molecule has 1 saturated heterocycles. The normalized spacial score (nSPS) is 19.3. The Morgan fingerprint density at radius 2 is 2.33 bits per heavy atom. The number of rotatable bonds is 2. The maximum atomic E-state index is 11.5.